The van der Waals surface area contributed by atoms with Crippen LogP contribution < -0.4 is 0 Å². The van der Waals surface area contributed by atoms with Crippen molar-refractivity contribution in [2.75, 3.05) is 0 Å². The van der Waals surface area contributed by atoms with Crippen molar-refractivity contribution < 1.29 is 0 Å². The molecule has 1 aliphatic rings. The Morgan fingerprint density at radius 1 is 1.33 bits per heavy atom. The van der Waals surface area contributed by atoms with Gasteiger partial charge in [0.2, 0.25) is 0 Å². The number of nitrogens with zero attached hydrogens (tertiary/aromatic N) is 1. The maximum atomic E-state index is 5.93. The Labute approximate surface area is 93.3 Å². The molecule has 1 fully saturated rings. The lowest BCUT2D eigenvalue weighted by atomic mass is 10.2. The smallest absolute Gasteiger partial charge is 0.137 e. The van der Waals surface area contributed by atoms with Crippen LogP contribution in [0.4, 0.5) is 0 Å². The van der Waals surface area contributed by atoms with Crippen molar-refractivity contribution in [3.8, 4) is 11.4 Å². The third-order valence-corrected chi connectivity index (χ3v) is 2.93. The molecule has 0 unspecified atom stereocenters. The van der Waals surface area contributed by atoms with Gasteiger partial charge in [-0.15, -0.1) is 0 Å². The number of imidazole rings is 1. The molecule has 0 amide bonds. The topological polar surface area (TPSA) is 28.7 Å². The highest BCUT2D eigenvalue weighted by Crippen LogP contribution is 2.39. The summed E-state index contributed by atoms with van der Waals surface area (Å²) < 4.78 is 0. The number of halogens is 1. The second-order valence-electron chi connectivity index (χ2n) is 3.96. The first kappa shape index (κ1) is 8.98. The fourth-order valence-electron chi connectivity index (χ4n) is 1.71. The predicted molar refractivity (Wildman–Crippen MR) is 61.0 cm³/mol. The van der Waals surface area contributed by atoms with Crippen molar-refractivity contribution in [3.63, 3.8) is 0 Å². The average molecular weight is 219 g/mol. The number of H-pyrrole nitrogens is 1. The minimum absolute atomic E-state index is 0.689. The Kier molecular flexibility index (Phi) is 2.03. The first-order valence-corrected chi connectivity index (χ1v) is 5.52. The first-order valence-electron chi connectivity index (χ1n) is 5.14. The molecule has 0 saturated heterocycles. The van der Waals surface area contributed by atoms with E-state index in [4.69, 9.17) is 11.6 Å². The van der Waals surface area contributed by atoms with Crippen LogP contribution in [0, 0.1) is 0 Å². The lowest BCUT2D eigenvalue weighted by Crippen LogP contribution is -1.81. The van der Waals surface area contributed by atoms with Crippen LogP contribution in [-0.2, 0) is 0 Å². The maximum Gasteiger partial charge on any atom is 0.137 e. The average Bonchev–Trinajstić information content (AvgIpc) is 2.97. The fraction of sp³-hybridized carbons (Fsp3) is 0.250. The van der Waals surface area contributed by atoms with Gasteiger partial charge in [-0.3, -0.25) is 0 Å². The molecule has 1 aromatic carbocycles. The molecule has 0 aliphatic heterocycles. The van der Waals surface area contributed by atoms with Crippen molar-refractivity contribution in [3.05, 3.63) is 41.2 Å². The van der Waals surface area contributed by atoms with Gasteiger partial charge < -0.3 is 4.98 Å². The molecule has 1 N–H and O–H groups in total. The summed E-state index contributed by atoms with van der Waals surface area (Å²) in [6, 6.07) is 7.76. The number of aromatic nitrogens is 2. The van der Waals surface area contributed by atoms with E-state index in [9.17, 15) is 0 Å². The monoisotopic (exact) mass is 218 g/mol. The number of hydrogen-bond acceptors (Lipinski definition) is 1. The van der Waals surface area contributed by atoms with Gasteiger partial charge in [0.25, 0.3) is 0 Å². The van der Waals surface area contributed by atoms with Crippen molar-refractivity contribution in [2.45, 2.75) is 18.8 Å². The lowest BCUT2D eigenvalue weighted by Gasteiger charge is -1.96. The summed E-state index contributed by atoms with van der Waals surface area (Å²) in [5.74, 6) is 1.61. The zero-order valence-corrected chi connectivity index (χ0v) is 8.96. The molecule has 15 heavy (non-hydrogen) atoms. The SMILES string of the molecule is Clc1cccc(-c2nc(C3CC3)c[nH]2)c1. The van der Waals surface area contributed by atoms with Crippen LogP contribution in [0.5, 0.6) is 0 Å². The number of benzene rings is 1. The van der Waals surface area contributed by atoms with E-state index >= 15 is 0 Å². The molecule has 1 aliphatic carbocycles. The first-order chi connectivity index (χ1) is 7.33. The second-order valence-corrected chi connectivity index (χ2v) is 4.40. The van der Waals surface area contributed by atoms with Crippen molar-refractivity contribution in [1.82, 2.24) is 9.97 Å². The van der Waals surface area contributed by atoms with Crippen LogP contribution in [0.3, 0.4) is 0 Å². The van der Waals surface area contributed by atoms with Gasteiger partial charge in [0.05, 0.1) is 5.69 Å². The van der Waals surface area contributed by atoms with Crippen LogP contribution in [-0.4, -0.2) is 9.97 Å². The van der Waals surface area contributed by atoms with Gasteiger partial charge in [0.15, 0.2) is 0 Å². The van der Waals surface area contributed by atoms with E-state index in [0.717, 1.165) is 16.4 Å². The molecule has 2 nitrogen and oxygen atoms in total. The molecule has 0 bridgehead atoms. The third-order valence-electron chi connectivity index (χ3n) is 2.69. The zero-order valence-electron chi connectivity index (χ0n) is 8.20. The standard InChI is InChI=1S/C12H11ClN2/c13-10-3-1-2-9(6-10)12-14-7-11(15-12)8-4-5-8/h1-3,6-8H,4-5H2,(H,14,15). The number of aromatic amines is 1. The molecule has 0 radical (unpaired) electrons. The molecule has 1 heterocycles. The lowest BCUT2D eigenvalue weighted by molar-refractivity contribution is 1.05. The van der Waals surface area contributed by atoms with E-state index in [-0.39, 0.29) is 0 Å². The Bertz CT molecular complexity index is 486. The molecule has 2 aromatic rings. The van der Waals surface area contributed by atoms with Crippen LogP contribution in [0.15, 0.2) is 30.5 Å². The van der Waals surface area contributed by atoms with Crippen molar-refractivity contribution in [2.24, 2.45) is 0 Å². The maximum absolute atomic E-state index is 5.93. The summed E-state index contributed by atoms with van der Waals surface area (Å²) in [6.07, 6.45) is 4.56. The number of nitrogens with one attached hydrogen (secondary N) is 1. The molecular weight excluding hydrogens is 208 g/mol. The minimum atomic E-state index is 0.689. The Morgan fingerprint density at radius 3 is 2.93 bits per heavy atom. The third kappa shape index (κ3) is 1.77. The van der Waals surface area contributed by atoms with E-state index in [1.165, 1.54) is 18.5 Å². The highest BCUT2D eigenvalue weighted by molar-refractivity contribution is 6.30. The Balaban J connectivity index is 1.97. The van der Waals surface area contributed by atoms with Crippen LogP contribution in [0.1, 0.15) is 24.5 Å². The summed E-state index contributed by atoms with van der Waals surface area (Å²) in [5, 5.41) is 0.747. The molecule has 1 saturated carbocycles. The highest BCUT2D eigenvalue weighted by atomic mass is 35.5. The molecule has 76 valence electrons. The summed E-state index contributed by atoms with van der Waals surface area (Å²) in [7, 11) is 0. The largest absolute Gasteiger partial charge is 0.344 e. The van der Waals surface area contributed by atoms with E-state index in [1.807, 2.05) is 30.5 Å². The fourth-order valence-corrected chi connectivity index (χ4v) is 1.90. The van der Waals surface area contributed by atoms with Crippen LogP contribution >= 0.6 is 11.6 Å². The number of rotatable bonds is 2. The minimum Gasteiger partial charge on any atom is -0.344 e. The van der Waals surface area contributed by atoms with Crippen LogP contribution in [0.25, 0.3) is 11.4 Å². The number of hydrogen-bond donors (Lipinski definition) is 1. The van der Waals surface area contributed by atoms with Crippen molar-refractivity contribution in [1.29, 1.82) is 0 Å². The van der Waals surface area contributed by atoms with Crippen LogP contribution in [0.2, 0.25) is 5.02 Å². The predicted octanol–water partition coefficient (Wildman–Crippen LogP) is 3.61. The van der Waals surface area contributed by atoms with Gasteiger partial charge in [0, 0.05) is 22.7 Å². The molecule has 3 rings (SSSR count). The normalized spacial score (nSPS) is 15.5. The molecule has 0 spiro atoms. The highest BCUT2D eigenvalue weighted by Gasteiger charge is 2.26. The molecular formula is C12H11ClN2. The van der Waals surface area contributed by atoms with Gasteiger partial charge in [-0.1, -0.05) is 23.7 Å². The summed E-state index contributed by atoms with van der Waals surface area (Å²) in [4.78, 5) is 7.77. The van der Waals surface area contributed by atoms with Gasteiger partial charge >= 0.3 is 0 Å². The summed E-state index contributed by atoms with van der Waals surface area (Å²) >= 11 is 5.93. The summed E-state index contributed by atoms with van der Waals surface area (Å²) in [6.45, 7) is 0. The van der Waals surface area contributed by atoms with Gasteiger partial charge in [-0.25, -0.2) is 4.98 Å². The van der Waals surface area contributed by atoms with E-state index in [1.54, 1.807) is 0 Å². The van der Waals surface area contributed by atoms with Gasteiger partial charge in [0.1, 0.15) is 5.82 Å². The Morgan fingerprint density at radius 2 is 2.20 bits per heavy atom. The quantitative estimate of drug-likeness (QED) is 0.820. The van der Waals surface area contributed by atoms with E-state index in [0.29, 0.717) is 5.92 Å². The molecule has 0 atom stereocenters. The molecule has 3 heteroatoms. The summed E-state index contributed by atoms with van der Waals surface area (Å²) in [5.41, 5.74) is 2.24. The second kappa shape index (κ2) is 3.38. The van der Waals surface area contributed by atoms with E-state index < -0.39 is 0 Å². The van der Waals surface area contributed by atoms with Gasteiger partial charge in [-0.05, 0) is 25.0 Å². The Hall–Kier alpha value is -1.28. The van der Waals surface area contributed by atoms with Crippen molar-refractivity contribution >= 4 is 11.6 Å². The molecule has 1 aromatic heterocycles. The van der Waals surface area contributed by atoms with E-state index in [2.05, 4.69) is 9.97 Å². The zero-order chi connectivity index (χ0) is 10.3. The van der Waals surface area contributed by atoms with Gasteiger partial charge in [-0.2, -0.15) is 0 Å².